The summed E-state index contributed by atoms with van der Waals surface area (Å²) < 4.78 is 1.79. The summed E-state index contributed by atoms with van der Waals surface area (Å²) in [5.74, 6) is -0.00208. The molecular formula is C33H29ClN4O. The summed E-state index contributed by atoms with van der Waals surface area (Å²) in [5, 5.41) is 5.48. The number of benzene rings is 4. The summed E-state index contributed by atoms with van der Waals surface area (Å²) in [6.45, 7) is 2.85. The zero-order valence-electron chi connectivity index (χ0n) is 21.5. The fraction of sp³-hybridized carbons (Fsp3) is 0.152. The molecule has 0 saturated carbocycles. The van der Waals surface area contributed by atoms with E-state index in [0.29, 0.717) is 29.4 Å². The number of halogens is 1. The molecule has 0 bridgehead atoms. The highest BCUT2D eigenvalue weighted by Gasteiger charge is 2.30. The molecule has 0 aliphatic carbocycles. The second-order valence-corrected chi connectivity index (χ2v) is 10.2. The van der Waals surface area contributed by atoms with Gasteiger partial charge in [0.25, 0.3) is 5.91 Å². The van der Waals surface area contributed by atoms with Crippen LogP contribution in [-0.2, 0) is 0 Å². The second-order valence-electron chi connectivity index (χ2n) is 9.73. The average Bonchev–Trinajstić information content (AvgIpc) is 3.45. The third kappa shape index (κ3) is 5.37. The van der Waals surface area contributed by atoms with E-state index in [2.05, 4.69) is 65.6 Å². The lowest BCUT2D eigenvalue weighted by Gasteiger charge is -2.39. The van der Waals surface area contributed by atoms with E-state index in [4.69, 9.17) is 16.7 Å². The van der Waals surface area contributed by atoms with Crippen LogP contribution in [0.15, 0.2) is 121 Å². The normalized spacial score (nSPS) is 14.1. The van der Waals surface area contributed by atoms with Crippen molar-refractivity contribution in [3.8, 4) is 16.9 Å². The number of para-hydroxylation sites is 1. The standard InChI is InChI=1S/C33H29ClN4O/c34-28-18-16-25(17-19-28)31-30(24-38(35-31)29-14-8-3-9-15-29)33(39)37-22-20-36(21-23-37)32(26-10-4-1-5-11-26)27-12-6-2-7-13-27/h1-19,24,32H,20-23H2. The van der Waals surface area contributed by atoms with Crippen molar-refractivity contribution in [1.82, 2.24) is 19.6 Å². The van der Waals surface area contributed by atoms with Crippen molar-refractivity contribution in [3.05, 3.63) is 143 Å². The number of aromatic nitrogens is 2. The van der Waals surface area contributed by atoms with Gasteiger partial charge in [-0.3, -0.25) is 9.69 Å². The van der Waals surface area contributed by atoms with Crippen molar-refractivity contribution in [2.24, 2.45) is 0 Å². The molecular weight excluding hydrogens is 504 g/mol. The Morgan fingerprint density at radius 1 is 0.692 bits per heavy atom. The van der Waals surface area contributed by atoms with Gasteiger partial charge in [-0.05, 0) is 35.4 Å². The van der Waals surface area contributed by atoms with Crippen LogP contribution in [0.5, 0.6) is 0 Å². The largest absolute Gasteiger partial charge is 0.336 e. The molecule has 1 aliphatic heterocycles. The monoisotopic (exact) mass is 532 g/mol. The lowest BCUT2D eigenvalue weighted by Crippen LogP contribution is -2.49. The summed E-state index contributed by atoms with van der Waals surface area (Å²) in [7, 11) is 0. The molecule has 4 aromatic carbocycles. The molecule has 6 rings (SSSR count). The van der Waals surface area contributed by atoms with Gasteiger partial charge in [-0.1, -0.05) is 103 Å². The fourth-order valence-electron chi connectivity index (χ4n) is 5.30. The van der Waals surface area contributed by atoms with Crippen molar-refractivity contribution >= 4 is 17.5 Å². The van der Waals surface area contributed by atoms with Crippen LogP contribution in [0, 0.1) is 0 Å². The third-order valence-electron chi connectivity index (χ3n) is 7.28. The molecule has 6 heteroatoms. The van der Waals surface area contributed by atoms with E-state index < -0.39 is 0 Å². The number of carbonyl (C=O) groups excluding carboxylic acids is 1. The van der Waals surface area contributed by atoms with E-state index in [-0.39, 0.29) is 11.9 Å². The van der Waals surface area contributed by atoms with Crippen LogP contribution in [-0.4, -0.2) is 51.7 Å². The van der Waals surface area contributed by atoms with E-state index in [9.17, 15) is 4.79 Å². The number of hydrogen-bond acceptors (Lipinski definition) is 3. The first-order valence-electron chi connectivity index (χ1n) is 13.2. The van der Waals surface area contributed by atoms with Crippen LogP contribution in [0.4, 0.5) is 0 Å². The quantitative estimate of drug-likeness (QED) is 0.243. The van der Waals surface area contributed by atoms with Gasteiger partial charge in [0.1, 0.15) is 5.69 Å². The van der Waals surface area contributed by atoms with Gasteiger partial charge < -0.3 is 4.90 Å². The summed E-state index contributed by atoms with van der Waals surface area (Å²) in [5.41, 5.74) is 5.55. The molecule has 0 atom stereocenters. The topological polar surface area (TPSA) is 41.4 Å². The van der Waals surface area contributed by atoms with Crippen LogP contribution >= 0.6 is 11.6 Å². The van der Waals surface area contributed by atoms with Crippen LogP contribution in [0.2, 0.25) is 5.02 Å². The molecule has 5 nitrogen and oxygen atoms in total. The Kier molecular flexibility index (Phi) is 7.26. The van der Waals surface area contributed by atoms with Crippen LogP contribution in [0.1, 0.15) is 27.5 Å². The lowest BCUT2D eigenvalue weighted by atomic mass is 9.96. The smallest absolute Gasteiger partial charge is 0.257 e. The maximum Gasteiger partial charge on any atom is 0.257 e. The molecule has 0 N–H and O–H groups in total. The predicted octanol–water partition coefficient (Wildman–Crippen LogP) is 6.74. The predicted molar refractivity (Wildman–Crippen MR) is 156 cm³/mol. The zero-order valence-corrected chi connectivity index (χ0v) is 22.3. The Morgan fingerprint density at radius 2 is 1.23 bits per heavy atom. The van der Waals surface area contributed by atoms with Crippen LogP contribution in [0.25, 0.3) is 16.9 Å². The lowest BCUT2D eigenvalue weighted by molar-refractivity contribution is 0.0598. The number of hydrogen-bond donors (Lipinski definition) is 0. The van der Waals surface area contributed by atoms with E-state index in [0.717, 1.165) is 24.3 Å². The zero-order chi connectivity index (χ0) is 26.6. The van der Waals surface area contributed by atoms with Crippen molar-refractivity contribution in [3.63, 3.8) is 0 Å². The highest BCUT2D eigenvalue weighted by molar-refractivity contribution is 6.30. The minimum atomic E-state index is -0.00208. The Balaban J connectivity index is 1.27. The molecule has 0 unspecified atom stereocenters. The molecule has 1 aliphatic rings. The SMILES string of the molecule is O=C(c1cn(-c2ccccc2)nc1-c1ccc(Cl)cc1)N1CCN(C(c2ccccc2)c2ccccc2)CC1. The highest BCUT2D eigenvalue weighted by Crippen LogP contribution is 2.31. The van der Waals surface area contributed by atoms with Gasteiger partial charge >= 0.3 is 0 Å². The van der Waals surface area contributed by atoms with E-state index in [1.807, 2.05) is 65.7 Å². The third-order valence-corrected chi connectivity index (χ3v) is 7.53. The van der Waals surface area contributed by atoms with Crippen molar-refractivity contribution < 1.29 is 4.79 Å². The number of rotatable bonds is 6. The van der Waals surface area contributed by atoms with Gasteiger partial charge in [-0.2, -0.15) is 5.10 Å². The number of amides is 1. The molecule has 1 fully saturated rings. The molecule has 194 valence electrons. The number of piperazine rings is 1. The molecule has 0 radical (unpaired) electrons. The van der Waals surface area contributed by atoms with Crippen LogP contribution < -0.4 is 0 Å². The molecule has 5 aromatic rings. The van der Waals surface area contributed by atoms with Gasteiger partial charge in [0.15, 0.2) is 0 Å². The summed E-state index contributed by atoms with van der Waals surface area (Å²) in [6.07, 6.45) is 1.85. The van der Waals surface area contributed by atoms with Gasteiger partial charge in [-0.15, -0.1) is 0 Å². The number of carbonyl (C=O) groups is 1. The van der Waals surface area contributed by atoms with Crippen molar-refractivity contribution in [2.75, 3.05) is 26.2 Å². The first-order valence-corrected chi connectivity index (χ1v) is 13.6. The molecule has 1 amide bonds. The van der Waals surface area contributed by atoms with Gasteiger partial charge in [0.05, 0.1) is 17.3 Å². The Morgan fingerprint density at radius 3 is 1.79 bits per heavy atom. The molecule has 0 spiro atoms. The first-order chi connectivity index (χ1) is 19.2. The van der Waals surface area contributed by atoms with E-state index in [1.165, 1.54) is 11.1 Å². The Bertz CT molecular complexity index is 1490. The van der Waals surface area contributed by atoms with Crippen molar-refractivity contribution in [2.45, 2.75) is 6.04 Å². The summed E-state index contributed by atoms with van der Waals surface area (Å²) in [6, 6.07) is 38.7. The summed E-state index contributed by atoms with van der Waals surface area (Å²) in [4.78, 5) is 18.4. The Labute approximate surface area is 233 Å². The fourth-order valence-corrected chi connectivity index (χ4v) is 5.43. The van der Waals surface area contributed by atoms with Gasteiger partial charge in [-0.25, -0.2) is 4.68 Å². The molecule has 39 heavy (non-hydrogen) atoms. The van der Waals surface area contributed by atoms with Gasteiger partial charge in [0, 0.05) is 43.0 Å². The van der Waals surface area contributed by atoms with Gasteiger partial charge in [0.2, 0.25) is 0 Å². The Hall–Kier alpha value is -4.19. The second kappa shape index (κ2) is 11.3. The highest BCUT2D eigenvalue weighted by atomic mass is 35.5. The summed E-state index contributed by atoms with van der Waals surface area (Å²) >= 11 is 6.15. The average molecular weight is 533 g/mol. The maximum absolute atomic E-state index is 13.9. The minimum Gasteiger partial charge on any atom is -0.336 e. The molecule has 1 saturated heterocycles. The van der Waals surface area contributed by atoms with Crippen molar-refractivity contribution in [1.29, 1.82) is 0 Å². The van der Waals surface area contributed by atoms with E-state index >= 15 is 0 Å². The maximum atomic E-state index is 13.9. The van der Waals surface area contributed by atoms with E-state index in [1.54, 1.807) is 4.68 Å². The molecule has 2 heterocycles. The minimum absolute atomic E-state index is 0.00208. The van der Waals surface area contributed by atoms with Crippen LogP contribution in [0.3, 0.4) is 0 Å². The first kappa shape index (κ1) is 25.1. The number of nitrogens with zero attached hydrogens (tertiary/aromatic N) is 4. The molecule has 1 aromatic heterocycles.